The van der Waals surface area contributed by atoms with Crippen LogP contribution in [0.25, 0.3) is 0 Å². The zero-order valence-electron chi connectivity index (χ0n) is 17.7. The molecule has 0 spiro atoms. The number of fused-ring (bicyclic) bond motifs is 1. The second-order valence-electron chi connectivity index (χ2n) is 7.61. The summed E-state index contributed by atoms with van der Waals surface area (Å²) in [7, 11) is 0. The fraction of sp³-hybridized carbons (Fsp3) is 0.200. The molecule has 2 heterocycles. The summed E-state index contributed by atoms with van der Waals surface area (Å²) < 4.78 is 5.71. The van der Waals surface area contributed by atoms with E-state index in [0.717, 1.165) is 11.1 Å². The summed E-state index contributed by atoms with van der Waals surface area (Å²) >= 11 is 0. The number of imide groups is 1. The van der Waals surface area contributed by atoms with Crippen LogP contribution in [-0.2, 0) is 11.3 Å². The van der Waals surface area contributed by atoms with E-state index in [4.69, 9.17) is 4.74 Å². The van der Waals surface area contributed by atoms with Gasteiger partial charge in [0.15, 0.2) is 0 Å². The van der Waals surface area contributed by atoms with Crippen molar-refractivity contribution in [3.63, 3.8) is 0 Å². The van der Waals surface area contributed by atoms with E-state index in [1.807, 2.05) is 43.3 Å². The van der Waals surface area contributed by atoms with Gasteiger partial charge in [0.05, 0.1) is 11.1 Å². The van der Waals surface area contributed by atoms with Crippen LogP contribution in [-0.4, -0.2) is 34.2 Å². The molecule has 1 aliphatic rings. The van der Waals surface area contributed by atoms with Gasteiger partial charge in [-0.3, -0.25) is 19.3 Å². The lowest BCUT2D eigenvalue weighted by Gasteiger charge is -2.13. The third kappa shape index (κ3) is 4.83. The summed E-state index contributed by atoms with van der Waals surface area (Å²) in [5, 5.41) is 2.85. The first-order valence-corrected chi connectivity index (χ1v) is 10.4. The second-order valence-corrected chi connectivity index (χ2v) is 7.61. The molecule has 162 valence electrons. The molecule has 2 aromatic carbocycles. The average Bonchev–Trinajstić information content (AvgIpc) is 3.03. The molecule has 0 aliphatic carbocycles. The molecule has 7 heteroatoms. The normalized spacial score (nSPS) is 12.6. The Morgan fingerprint density at radius 3 is 2.59 bits per heavy atom. The number of rotatable bonds is 8. The Bertz CT molecular complexity index is 1160. The van der Waals surface area contributed by atoms with Crippen molar-refractivity contribution < 1.29 is 19.1 Å². The molecule has 7 nitrogen and oxygen atoms in total. The maximum Gasteiger partial charge on any atom is 0.261 e. The van der Waals surface area contributed by atoms with Crippen LogP contribution in [0.5, 0.6) is 11.6 Å². The van der Waals surface area contributed by atoms with Crippen molar-refractivity contribution in [3.05, 3.63) is 89.1 Å². The highest BCUT2D eigenvalue weighted by atomic mass is 16.5. The van der Waals surface area contributed by atoms with E-state index in [1.165, 1.54) is 4.90 Å². The Balaban J connectivity index is 1.24. The quantitative estimate of drug-likeness (QED) is 0.549. The summed E-state index contributed by atoms with van der Waals surface area (Å²) in [6.07, 6.45) is 2.24. The molecule has 0 saturated carbocycles. The van der Waals surface area contributed by atoms with Gasteiger partial charge in [-0.15, -0.1) is 0 Å². The summed E-state index contributed by atoms with van der Waals surface area (Å²) in [6, 6.07) is 18.1. The van der Waals surface area contributed by atoms with Gasteiger partial charge in [0.2, 0.25) is 11.8 Å². The van der Waals surface area contributed by atoms with E-state index in [1.54, 1.807) is 30.5 Å². The fourth-order valence-electron chi connectivity index (χ4n) is 3.52. The number of benzene rings is 2. The van der Waals surface area contributed by atoms with Crippen molar-refractivity contribution in [1.29, 1.82) is 0 Å². The lowest BCUT2D eigenvalue weighted by molar-refractivity contribution is -0.121. The maximum atomic E-state index is 12.5. The standard InChI is InChI=1S/C25H23N3O4/c1-17-9-10-20-21(14-17)25(31)28(24(20)30)13-5-8-22(29)27-16-18-11-12-26-23(15-18)32-19-6-3-2-4-7-19/h2-4,6-7,9-12,14-15H,5,8,13,16H2,1H3,(H,27,29). The van der Waals surface area contributed by atoms with Gasteiger partial charge < -0.3 is 10.1 Å². The van der Waals surface area contributed by atoms with Crippen LogP contribution < -0.4 is 10.1 Å². The van der Waals surface area contributed by atoms with Crippen molar-refractivity contribution in [2.75, 3.05) is 6.54 Å². The number of aromatic nitrogens is 1. The molecule has 0 saturated heterocycles. The highest BCUT2D eigenvalue weighted by molar-refractivity contribution is 6.21. The van der Waals surface area contributed by atoms with Crippen LogP contribution in [0.4, 0.5) is 0 Å². The number of ether oxygens (including phenoxy) is 1. The van der Waals surface area contributed by atoms with E-state index in [2.05, 4.69) is 10.3 Å². The van der Waals surface area contributed by atoms with E-state index in [9.17, 15) is 14.4 Å². The number of hydrogen-bond donors (Lipinski definition) is 1. The van der Waals surface area contributed by atoms with Crippen LogP contribution in [0.2, 0.25) is 0 Å². The molecule has 0 fully saturated rings. The van der Waals surface area contributed by atoms with Gasteiger partial charge in [-0.25, -0.2) is 4.98 Å². The molecule has 0 bridgehead atoms. The van der Waals surface area contributed by atoms with E-state index >= 15 is 0 Å². The summed E-state index contributed by atoms with van der Waals surface area (Å²) in [5.74, 6) is 0.387. The van der Waals surface area contributed by atoms with Gasteiger partial charge >= 0.3 is 0 Å². The zero-order valence-corrected chi connectivity index (χ0v) is 17.7. The Hall–Kier alpha value is -4.00. The number of nitrogens with zero attached hydrogens (tertiary/aromatic N) is 2. The lowest BCUT2D eigenvalue weighted by atomic mass is 10.1. The molecule has 4 rings (SSSR count). The van der Waals surface area contributed by atoms with E-state index in [0.29, 0.717) is 35.7 Å². The van der Waals surface area contributed by atoms with Gasteiger partial charge in [0.25, 0.3) is 11.8 Å². The lowest BCUT2D eigenvalue weighted by Crippen LogP contribution is -2.32. The van der Waals surface area contributed by atoms with Crippen LogP contribution in [0.15, 0.2) is 66.9 Å². The van der Waals surface area contributed by atoms with Gasteiger partial charge in [-0.2, -0.15) is 0 Å². The van der Waals surface area contributed by atoms with Crippen molar-refractivity contribution in [2.45, 2.75) is 26.3 Å². The second kappa shape index (κ2) is 9.43. The molecule has 3 aromatic rings. The third-order valence-electron chi connectivity index (χ3n) is 5.17. The first kappa shape index (κ1) is 21.2. The van der Waals surface area contributed by atoms with Gasteiger partial charge in [-0.1, -0.05) is 29.8 Å². The SMILES string of the molecule is Cc1ccc2c(c1)C(=O)N(CCCC(=O)NCc1ccnc(Oc3ccccc3)c1)C2=O. The predicted molar refractivity (Wildman–Crippen MR) is 118 cm³/mol. The average molecular weight is 429 g/mol. The zero-order chi connectivity index (χ0) is 22.5. The molecule has 0 atom stereocenters. The Morgan fingerprint density at radius 2 is 1.78 bits per heavy atom. The number of carbonyl (C=O) groups excluding carboxylic acids is 3. The van der Waals surface area contributed by atoms with Crippen molar-refractivity contribution >= 4 is 17.7 Å². The van der Waals surface area contributed by atoms with Crippen molar-refractivity contribution in [2.24, 2.45) is 0 Å². The predicted octanol–water partition coefficient (Wildman–Crippen LogP) is 3.87. The highest BCUT2D eigenvalue weighted by Crippen LogP contribution is 2.24. The van der Waals surface area contributed by atoms with E-state index < -0.39 is 0 Å². The van der Waals surface area contributed by atoms with Crippen molar-refractivity contribution in [1.82, 2.24) is 15.2 Å². The number of para-hydroxylation sites is 1. The number of hydrogen-bond acceptors (Lipinski definition) is 5. The summed E-state index contributed by atoms with van der Waals surface area (Å²) in [5.41, 5.74) is 2.65. The maximum absolute atomic E-state index is 12.5. The number of amides is 3. The highest BCUT2D eigenvalue weighted by Gasteiger charge is 2.34. The molecule has 1 aliphatic heterocycles. The fourth-order valence-corrected chi connectivity index (χ4v) is 3.52. The number of aryl methyl sites for hydroxylation is 1. The minimum Gasteiger partial charge on any atom is -0.439 e. The number of nitrogens with one attached hydrogen (secondary N) is 1. The summed E-state index contributed by atoms with van der Waals surface area (Å²) in [6.45, 7) is 2.42. The minimum atomic E-state index is -0.298. The molecule has 0 unspecified atom stereocenters. The monoisotopic (exact) mass is 429 g/mol. The van der Waals surface area contributed by atoms with Crippen LogP contribution in [0.1, 0.15) is 44.7 Å². The Morgan fingerprint density at radius 1 is 1.00 bits per heavy atom. The van der Waals surface area contributed by atoms with Crippen LogP contribution in [0, 0.1) is 6.92 Å². The first-order chi connectivity index (χ1) is 15.5. The van der Waals surface area contributed by atoms with Gasteiger partial charge in [0.1, 0.15) is 5.75 Å². The molecule has 1 N–H and O–H groups in total. The largest absolute Gasteiger partial charge is 0.439 e. The van der Waals surface area contributed by atoms with Crippen molar-refractivity contribution in [3.8, 4) is 11.6 Å². The minimum absolute atomic E-state index is 0.153. The molecule has 0 radical (unpaired) electrons. The van der Waals surface area contributed by atoms with E-state index in [-0.39, 0.29) is 30.7 Å². The first-order valence-electron chi connectivity index (χ1n) is 10.4. The molecular weight excluding hydrogens is 406 g/mol. The Labute approximate surface area is 186 Å². The smallest absolute Gasteiger partial charge is 0.261 e. The summed E-state index contributed by atoms with van der Waals surface area (Å²) in [4.78, 5) is 42.6. The third-order valence-corrected chi connectivity index (χ3v) is 5.17. The van der Waals surface area contributed by atoms with Crippen LogP contribution in [0.3, 0.4) is 0 Å². The molecular formula is C25H23N3O4. The number of carbonyl (C=O) groups is 3. The molecule has 32 heavy (non-hydrogen) atoms. The molecule has 3 amide bonds. The van der Waals surface area contributed by atoms with Gasteiger partial charge in [-0.05, 0) is 49.2 Å². The Kier molecular flexibility index (Phi) is 6.26. The van der Waals surface area contributed by atoms with Gasteiger partial charge in [0, 0.05) is 31.8 Å². The molecule has 1 aromatic heterocycles. The number of pyridine rings is 1. The topological polar surface area (TPSA) is 88.6 Å². The van der Waals surface area contributed by atoms with Crippen LogP contribution >= 0.6 is 0 Å².